The molecule has 7 unspecified atom stereocenters. The predicted octanol–water partition coefficient (Wildman–Crippen LogP) is -2.06. The van der Waals surface area contributed by atoms with E-state index in [9.17, 15) is 30.3 Å². The quantitative estimate of drug-likeness (QED) is 0.272. The highest BCUT2D eigenvalue weighted by Gasteiger charge is 2.50. The first kappa shape index (κ1) is 23.4. The van der Waals surface area contributed by atoms with Crippen molar-refractivity contribution in [2.24, 2.45) is 0 Å². The summed E-state index contributed by atoms with van der Waals surface area (Å²) >= 11 is 0. The summed E-state index contributed by atoms with van der Waals surface area (Å²) in [4.78, 5) is 11.0. The third-order valence-corrected chi connectivity index (χ3v) is 5.07. The Labute approximate surface area is 162 Å². The summed E-state index contributed by atoms with van der Waals surface area (Å²) in [6.07, 6.45) is -13.8. The molecule has 2 rings (SSSR count). The van der Waals surface area contributed by atoms with Crippen LogP contribution in [0.3, 0.4) is 0 Å². The van der Waals surface area contributed by atoms with Gasteiger partial charge in [0, 0.05) is 0 Å². The van der Waals surface area contributed by atoms with Gasteiger partial charge in [-0.1, -0.05) is 6.92 Å². The average molecular weight is 410 g/mol. The molecule has 0 aromatic rings. The zero-order valence-corrected chi connectivity index (χ0v) is 16.0. The summed E-state index contributed by atoms with van der Waals surface area (Å²) in [6.45, 7) is 4.69. The molecular formula is C17H30O11. The standard InChI is InChI=1S/C17H30O11/c1-4-8(5-9(18)19)27-17-15(13(23)11(21)7(3)26-17)28-16-14(24)12(22)10(20)6(2)25-16/h6-8,10-17,20-24H,4-5H2,1-3H3,(H,18,19)/t6?,7?,8?,10-,11-,12?,13?,14?,15?,16-,17-/m0/s1. The first-order chi connectivity index (χ1) is 13.1. The number of aliphatic carboxylic acids is 1. The fraction of sp³-hybridized carbons (Fsp3) is 0.941. The van der Waals surface area contributed by atoms with E-state index in [1.165, 1.54) is 13.8 Å². The molecule has 2 fully saturated rings. The van der Waals surface area contributed by atoms with E-state index in [1.54, 1.807) is 6.92 Å². The fourth-order valence-electron chi connectivity index (χ4n) is 3.21. The minimum absolute atomic E-state index is 0.305. The normalized spacial score (nSPS) is 45.6. The summed E-state index contributed by atoms with van der Waals surface area (Å²) < 4.78 is 22.1. The van der Waals surface area contributed by atoms with Crippen LogP contribution in [0.1, 0.15) is 33.6 Å². The van der Waals surface area contributed by atoms with E-state index < -0.39 is 73.5 Å². The largest absolute Gasteiger partial charge is 0.481 e. The van der Waals surface area contributed by atoms with Crippen LogP contribution >= 0.6 is 0 Å². The van der Waals surface area contributed by atoms with Crippen LogP contribution in [-0.2, 0) is 23.7 Å². The van der Waals surface area contributed by atoms with Crippen LogP contribution in [0.4, 0.5) is 0 Å². The molecule has 2 aliphatic heterocycles. The van der Waals surface area contributed by atoms with Crippen LogP contribution in [0.2, 0.25) is 0 Å². The van der Waals surface area contributed by atoms with Crippen molar-refractivity contribution in [2.75, 3.05) is 0 Å². The van der Waals surface area contributed by atoms with Gasteiger partial charge in [0.1, 0.15) is 36.6 Å². The molecular weight excluding hydrogens is 380 g/mol. The molecule has 28 heavy (non-hydrogen) atoms. The predicted molar refractivity (Wildman–Crippen MR) is 91.0 cm³/mol. The Bertz CT molecular complexity index is 517. The van der Waals surface area contributed by atoms with Crippen LogP contribution in [-0.4, -0.2) is 104 Å². The van der Waals surface area contributed by atoms with Gasteiger partial charge in [-0.05, 0) is 20.3 Å². The summed E-state index contributed by atoms with van der Waals surface area (Å²) in [5, 5.41) is 59.4. The lowest BCUT2D eigenvalue weighted by Crippen LogP contribution is -2.63. The molecule has 0 spiro atoms. The number of aliphatic hydroxyl groups excluding tert-OH is 5. The highest BCUT2D eigenvalue weighted by atomic mass is 16.8. The molecule has 0 bridgehead atoms. The molecule has 164 valence electrons. The SMILES string of the molecule is CCC(CC(=O)O)O[C@@H]1OC(C)[C@H](O)C(O)C1O[C@@H]1OC(C)[C@H](O)C(O)C1O. The summed E-state index contributed by atoms with van der Waals surface area (Å²) in [5.74, 6) is -1.08. The van der Waals surface area contributed by atoms with Crippen LogP contribution < -0.4 is 0 Å². The van der Waals surface area contributed by atoms with E-state index in [1.807, 2.05) is 0 Å². The second kappa shape index (κ2) is 9.74. The van der Waals surface area contributed by atoms with Gasteiger partial charge in [0.15, 0.2) is 12.6 Å². The number of ether oxygens (including phenoxy) is 4. The van der Waals surface area contributed by atoms with E-state index in [0.29, 0.717) is 6.42 Å². The maximum Gasteiger partial charge on any atom is 0.305 e. The molecule has 11 atom stereocenters. The highest BCUT2D eigenvalue weighted by molar-refractivity contribution is 5.67. The van der Waals surface area contributed by atoms with Gasteiger partial charge in [-0.25, -0.2) is 0 Å². The maximum atomic E-state index is 11.0. The highest BCUT2D eigenvalue weighted by Crippen LogP contribution is 2.30. The van der Waals surface area contributed by atoms with Crippen LogP contribution in [0, 0.1) is 0 Å². The fourth-order valence-corrected chi connectivity index (χ4v) is 3.21. The Kier molecular flexibility index (Phi) is 8.14. The van der Waals surface area contributed by atoms with Gasteiger partial charge >= 0.3 is 5.97 Å². The van der Waals surface area contributed by atoms with Crippen molar-refractivity contribution in [2.45, 2.75) is 101 Å². The lowest BCUT2D eigenvalue weighted by Gasteiger charge is -2.46. The molecule has 0 aromatic carbocycles. The number of carbonyl (C=O) groups is 1. The number of aliphatic hydroxyl groups is 5. The first-order valence-corrected chi connectivity index (χ1v) is 9.30. The third-order valence-electron chi connectivity index (χ3n) is 5.07. The molecule has 0 saturated carbocycles. The minimum atomic E-state index is -1.63. The summed E-state index contributed by atoms with van der Waals surface area (Å²) in [6, 6.07) is 0. The third kappa shape index (κ3) is 5.17. The van der Waals surface area contributed by atoms with E-state index in [0.717, 1.165) is 0 Å². The smallest absolute Gasteiger partial charge is 0.305 e. The molecule has 2 heterocycles. The zero-order valence-electron chi connectivity index (χ0n) is 16.0. The summed E-state index contributed by atoms with van der Waals surface area (Å²) in [7, 11) is 0. The second-order valence-corrected chi connectivity index (χ2v) is 7.24. The second-order valence-electron chi connectivity index (χ2n) is 7.24. The Hall–Kier alpha value is -0.890. The topological polar surface area (TPSA) is 175 Å². The number of hydrogen-bond acceptors (Lipinski definition) is 10. The Morgan fingerprint density at radius 1 is 0.893 bits per heavy atom. The van der Waals surface area contributed by atoms with Crippen molar-refractivity contribution < 1.29 is 54.4 Å². The van der Waals surface area contributed by atoms with Gasteiger partial charge in [-0.15, -0.1) is 0 Å². The van der Waals surface area contributed by atoms with Crippen molar-refractivity contribution in [1.29, 1.82) is 0 Å². The zero-order chi connectivity index (χ0) is 21.2. The number of rotatable bonds is 7. The van der Waals surface area contributed by atoms with Crippen LogP contribution in [0.25, 0.3) is 0 Å². The van der Waals surface area contributed by atoms with Crippen molar-refractivity contribution in [1.82, 2.24) is 0 Å². The molecule has 2 saturated heterocycles. The molecule has 11 nitrogen and oxygen atoms in total. The minimum Gasteiger partial charge on any atom is -0.481 e. The first-order valence-electron chi connectivity index (χ1n) is 9.30. The van der Waals surface area contributed by atoms with E-state index in [4.69, 9.17) is 24.1 Å². The maximum absolute atomic E-state index is 11.0. The van der Waals surface area contributed by atoms with Gasteiger partial charge in [0.25, 0.3) is 0 Å². The Morgan fingerprint density at radius 2 is 1.43 bits per heavy atom. The van der Waals surface area contributed by atoms with Crippen molar-refractivity contribution in [3.8, 4) is 0 Å². The molecule has 0 amide bonds. The van der Waals surface area contributed by atoms with Crippen molar-refractivity contribution >= 4 is 5.97 Å². The molecule has 2 aliphatic rings. The van der Waals surface area contributed by atoms with Crippen molar-refractivity contribution in [3.63, 3.8) is 0 Å². The van der Waals surface area contributed by atoms with Gasteiger partial charge in [-0.3, -0.25) is 4.79 Å². The van der Waals surface area contributed by atoms with Crippen LogP contribution in [0.15, 0.2) is 0 Å². The van der Waals surface area contributed by atoms with Gasteiger partial charge in [0.2, 0.25) is 0 Å². The van der Waals surface area contributed by atoms with Gasteiger partial charge < -0.3 is 49.6 Å². The Balaban J connectivity index is 2.17. The molecule has 11 heteroatoms. The number of hydrogen-bond donors (Lipinski definition) is 6. The van der Waals surface area contributed by atoms with Crippen molar-refractivity contribution in [3.05, 3.63) is 0 Å². The van der Waals surface area contributed by atoms with Gasteiger partial charge in [0.05, 0.1) is 24.7 Å². The molecule has 6 N–H and O–H groups in total. The molecule has 0 radical (unpaired) electrons. The monoisotopic (exact) mass is 410 g/mol. The summed E-state index contributed by atoms with van der Waals surface area (Å²) in [5.41, 5.74) is 0. The number of carboxylic acid groups (broad SMARTS) is 1. The molecule has 0 aliphatic carbocycles. The number of carboxylic acids is 1. The van der Waals surface area contributed by atoms with Crippen LogP contribution in [0.5, 0.6) is 0 Å². The van der Waals surface area contributed by atoms with E-state index >= 15 is 0 Å². The lowest BCUT2D eigenvalue weighted by molar-refractivity contribution is -0.366. The van der Waals surface area contributed by atoms with Gasteiger partial charge in [-0.2, -0.15) is 0 Å². The molecule has 0 aromatic heterocycles. The lowest BCUT2D eigenvalue weighted by atomic mass is 9.98. The van der Waals surface area contributed by atoms with E-state index in [-0.39, 0.29) is 6.42 Å². The van der Waals surface area contributed by atoms with E-state index in [2.05, 4.69) is 0 Å². The average Bonchev–Trinajstić information content (AvgIpc) is 2.64. The Morgan fingerprint density at radius 3 is 1.96 bits per heavy atom.